The monoisotopic (exact) mass is 337 g/mol. The summed E-state index contributed by atoms with van der Waals surface area (Å²) < 4.78 is 5.77. The molecular formula is C20H35NO3. The number of Topliss-reactive ketones (excluding diaryl/α,β-unsaturated/α-hetero) is 1. The number of rotatable bonds is 11. The van der Waals surface area contributed by atoms with Crippen molar-refractivity contribution in [2.24, 2.45) is 0 Å². The van der Waals surface area contributed by atoms with E-state index in [1.165, 1.54) is 37.2 Å². The number of hydrogen-bond donors (Lipinski definition) is 1. The molecule has 4 heteroatoms. The molecule has 0 radical (unpaired) electrons. The molecule has 0 aliphatic carbocycles. The molecule has 0 aromatic carbocycles. The van der Waals surface area contributed by atoms with Crippen molar-refractivity contribution in [2.75, 3.05) is 19.7 Å². The van der Waals surface area contributed by atoms with Crippen LogP contribution in [0.3, 0.4) is 0 Å². The van der Waals surface area contributed by atoms with Gasteiger partial charge in [-0.05, 0) is 32.3 Å². The minimum absolute atomic E-state index is 0.0619. The lowest BCUT2D eigenvalue weighted by Gasteiger charge is -2.18. The van der Waals surface area contributed by atoms with E-state index in [0.29, 0.717) is 24.5 Å². The second-order valence-electron chi connectivity index (χ2n) is 6.79. The molecule has 0 bridgehead atoms. The number of allylic oxidation sites excluding steroid dienone is 2. The predicted octanol–water partition coefficient (Wildman–Crippen LogP) is 5.03. The maximum absolute atomic E-state index is 12.5. The van der Waals surface area contributed by atoms with E-state index in [2.05, 4.69) is 6.92 Å². The summed E-state index contributed by atoms with van der Waals surface area (Å²) in [5, 5.41) is 11.4. The van der Waals surface area contributed by atoms with Gasteiger partial charge in [0.15, 0.2) is 5.78 Å². The molecular weight excluding hydrogens is 302 g/mol. The first-order valence-electron chi connectivity index (χ1n) is 9.50. The molecule has 4 nitrogen and oxygen atoms in total. The molecule has 0 aromatic rings. The summed E-state index contributed by atoms with van der Waals surface area (Å²) in [7, 11) is 0. The average Bonchev–Trinajstić information content (AvgIpc) is 2.66. The number of ether oxygens (including phenoxy) is 1. The molecule has 0 amide bonds. The van der Waals surface area contributed by atoms with Crippen molar-refractivity contribution in [3.8, 4) is 0 Å². The third kappa shape index (κ3) is 6.78. The first-order chi connectivity index (χ1) is 11.5. The first kappa shape index (κ1) is 20.9. The number of hydroxylamine groups is 2. The Kier molecular flexibility index (Phi) is 9.96. The number of ketones is 1. The standard InChI is InChI=1S/C20H35NO3/c1-5-7-8-9-10-11-12-13-21(23)14-19-17(4)20(22)18(6-2)16(3)15-24-19/h23H,5-15H2,1-4H3. The SMILES string of the molecule is CCCCCCCCCN(O)CC1=C(C)C(=O)C(CC)=C(C)CO1. The average molecular weight is 338 g/mol. The number of carbonyl (C=O) groups is 1. The van der Waals surface area contributed by atoms with Crippen LogP contribution in [0.15, 0.2) is 22.5 Å². The smallest absolute Gasteiger partial charge is 0.188 e. The fourth-order valence-electron chi connectivity index (χ4n) is 3.06. The summed E-state index contributed by atoms with van der Waals surface area (Å²) in [5.74, 6) is 0.667. The van der Waals surface area contributed by atoms with Crippen LogP contribution in [0.2, 0.25) is 0 Å². The van der Waals surface area contributed by atoms with Gasteiger partial charge in [0, 0.05) is 17.7 Å². The van der Waals surface area contributed by atoms with E-state index in [9.17, 15) is 10.0 Å². The van der Waals surface area contributed by atoms with Gasteiger partial charge in [0.1, 0.15) is 12.4 Å². The molecule has 24 heavy (non-hydrogen) atoms. The summed E-state index contributed by atoms with van der Waals surface area (Å²) in [6.07, 6.45) is 9.25. The van der Waals surface area contributed by atoms with Gasteiger partial charge in [-0.2, -0.15) is 5.06 Å². The Morgan fingerprint density at radius 2 is 1.67 bits per heavy atom. The van der Waals surface area contributed by atoms with Crippen molar-refractivity contribution >= 4 is 5.78 Å². The van der Waals surface area contributed by atoms with Gasteiger partial charge in [-0.25, -0.2) is 0 Å². The van der Waals surface area contributed by atoms with Gasteiger partial charge in [-0.1, -0.05) is 52.4 Å². The maximum Gasteiger partial charge on any atom is 0.188 e. The molecule has 1 heterocycles. The Labute approximate surface area is 147 Å². The van der Waals surface area contributed by atoms with Crippen molar-refractivity contribution in [1.82, 2.24) is 5.06 Å². The minimum Gasteiger partial charge on any atom is -0.492 e. The van der Waals surface area contributed by atoms with Crippen molar-refractivity contribution in [3.05, 3.63) is 22.5 Å². The van der Waals surface area contributed by atoms with Crippen LogP contribution in [0.4, 0.5) is 0 Å². The van der Waals surface area contributed by atoms with Crippen molar-refractivity contribution in [2.45, 2.75) is 79.1 Å². The van der Waals surface area contributed by atoms with E-state index in [-0.39, 0.29) is 12.3 Å². The zero-order valence-corrected chi connectivity index (χ0v) is 16.0. The highest BCUT2D eigenvalue weighted by Gasteiger charge is 2.22. The van der Waals surface area contributed by atoms with Crippen molar-refractivity contribution in [1.29, 1.82) is 0 Å². The Hall–Kier alpha value is -1.13. The van der Waals surface area contributed by atoms with Gasteiger partial charge < -0.3 is 9.94 Å². The van der Waals surface area contributed by atoms with E-state index in [4.69, 9.17) is 4.74 Å². The minimum atomic E-state index is 0.0619. The topological polar surface area (TPSA) is 49.8 Å². The quantitative estimate of drug-likeness (QED) is 0.424. The third-order valence-electron chi connectivity index (χ3n) is 4.71. The highest BCUT2D eigenvalue weighted by atomic mass is 16.5. The Bertz CT molecular complexity index is 466. The van der Waals surface area contributed by atoms with Gasteiger partial charge in [-0.15, -0.1) is 0 Å². The highest BCUT2D eigenvalue weighted by Crippen LogP contribution is 2.23. The molecule has 1 aliphatic rings. The van der Waals surface area contributed by atoms with E-state index in [1.807, 2.05) is 13.8 Å². The van der Waals surface area contributed by atoms with Crippen LogP contribution in [0.1, 0.15) is 79.1 Å². The molecule has 1 rings (SSSR count). The molecule has 138 valence electrons. The Morgan fingerprint density at radius 1 is 1.04 bits per heavy atom. The molecule has 1 aliphatic heterocycles. The largest absolute Gasteiger partial charge is 0.492 e. The summed E-state index contributed by atoms with van der Waals surface area (Å²) in [6, 6.07) is 0. The van der Waals surface area contributed by atoms with Crippen molar-refractivity contribution in [3.63, 3.8) is 0 Å². The molecule has 0 aromatic heterocycles. The number of hydrogen-bond acceptors (Lipinski definition) is 4. The van der Waals surface area contributed by atoms with Gasteiger partial charge >= 0.3 is 0 Å². The fraction of sp³-hybridized carbons (Fsp3) is 0.750. The molecule has 1 N–H and O–H groups in total. The molecule has 0 saturated carbocycles. The molecule has 0 atom stereocenters. The van der Waals surface area contributed by atoms with Crippen LogP contribution in [0.25, 0.3) is 0 Å². The lowest BCUT2D eigenvalue weighted by Crippen LogP contribution is -2.25. The Morgan fingerprint density at radius 3 is 2.29 bits per heavy atom. The van der Waals surface area contributed by atoms with Gasteiger partial charge in [-0.3, -0.25) is 4.79 Å². The van der Waals surface area contributed by atoms with Crippen LogP contribution in [-0.2, 0) is 9.53 Å². The number of unbranched alkanes of at least 4 members (excludes halogenated alkanes) is 6. The van der Waals surface area contributed by atoms with Crippen LogP contribution >= 0.6 is 0 Å². The second-order valence-corrected chi connectivity index (χ2v) is 6.79. The molecule has 0 unspecified atom stereocenters. The molecule has 0 fully saturated rings. The zero-order chi connectivity index (χ0) is 17.9. The number of carbonyl (C=O) groups excluding carboxylic acids is 1. The molecule has 0 spiro atoms. The summed E-state index contributed by atoms with van der Waals surface area (Å²) in [4.78, 5) is 12.5. The van der Waals surface area contributed by atoms with E-state index >= 15 is 0 Å². The maximum atomic E-state index is 12.5. The van der Waals surface area contributed by atoms with Crippen LogP contribution in [0, 0.1) is 0 Å². The van der Waals surface area contributed by atoms with Crippen molar-refractivity contribution < 1.29 is 14.7 Å². The van der Waals surface area contributed by atoms with Crippen LogP contribution < -0.4 is 0 Å². The van der Waals surface area contributed by atoms with E-state index < -0.39 is 0 Å². The van der Waals surface area contributed by atoms with E-state index in [0.717, 1.165) is 30.4 Å². The van der Waals surface area contributed by atoms with Crippen LogP contribution in [0.5, 0.6) is 0 Å². The van der Waals surface area contributed by atoms with Gasteiger partial charge in [0.05, 0.1) is 6.54 Å². The van der Waals surface area contributed by atoms with Crippen LogP contribution in [-0.4, -0.2) is 35.8 Å². The number of nitrogens with zero attached hydrogens (tertiary/aromatic N) is 1. The lowest BCUT2D eigenvalue weighted by molar-refractivity contribution is -0.112. The first-order valence-corrected chi connectivity index (χ1v) is 9.50. The third-order valence-corrected chi connectivity index (χ3v) is 4.71. The predicted molar refractivity (Wildman–Crippen MR) is 98.0 cm³/mol. The normalized spacial score (nSPS) is 16.0. The van der Waals surface area contributed by atoms with Gasteiger partial charge in [0.25, 0.3) is 0 Å². The summed E-state index contributed by atoms with van der Waals surface area (Å²) in [5.41, 5.74) is 2.47. The highest BCUT2D eigenvalue weighted by molar-refractivity contribution is 6.08. The Balaban J connectivity index is 2.40. The second kappa shape index (κ2) is 11.4. The summed E-state index contributed by atoms with van der Waals surface area (Å²) >= 11 is 0. The van der Waals surface area contributed by atoms with E-state index in [1.54, 1.807) is 6.92 Å². The summed E-state index contributed by atoms with van der Waals surface area (Å²) in [6.45, 7) is 9.31. The lowest BCUT2D eigenvalue weighted by atomic mass is 9.98. The zero-order valence-electron chi connectivity index (χ0n) is 16.0. The molecule has 0 saturated heterocycles. The van der Waals surface area contributed by atoms with Gasteiger partial charge in [0.2, 0.25) is 0 Å². The fourth-order valence-corrected chi connectivity index (χ4v) is 3.06.